The zero-order valence-electron chi connectivity index (χ0n) is 18.5. The molecule has 2 aliphatic rings. The van der Waals surface area contributed by atoms with Crippen LogP contribution in [-0.4, -0.2) is 80.7 Å². The Hall–Kier alpha value is -3.67. The van der Waals surface area contributed by atoms with Crippen molar-refractivity contribution in [1.29, 1.82) is 0 Å². The molecule has 2 N–H and O–H groups in total. The minimum Gasteiger partial charge on any atom is -0.483 e. The molecule has 0 aromatic heterocycles. The Kier molecular flexibility index (Phi) is 9.21. The van der Waals surface area contributed by atoms with Crippen molar-refractivity contribution in [3.8, 4) is 5.75 Å². The van der Waals surface area contributed by atoms with Crippen LogP contribution in [-0.2, 0) is 30.4 Å². The Labute approximate surface area is 195 Å². The van der Waals surface area contributed by atoms with Crippen LogP contribution in [0, 0.1) is 0 Å². The van der Waals surface area contributed by atoms with Gasteiger partial charge < -0.3 is 24.4 Å². The summed E-state index contributed by atoms with van der Waals surface area (Å²) in [5.74, 6) is -1.09. The molecule has 0 radical (unpaired) electrons. The van der Waals surface area contributed by atoms with Crippen LogP contribution in [0.1, 0.15) is 28.8 Å². The van der Waals surface area contributed by atoms with Crippen LogP contribution in [0.15, 0.2) is 23.3 Å². The van der Waals surface area contributed by atoms with E-state index in [4.69, 9.17) is 19.7 Å². The number of amides is 4. The Bertz CT molecular complexity index is 978. The molecule has 13 heteroatoms. The quantitative estimate of drug-likeness (QED) is 0.136. The number of nitrogens with zero attached hydrogens (tertiary/aromatic N) is 4. The Morgan fingerprint density at radius 3 is 2.76 bits per heavy atom. The van der Waals surface area contributed by atoms with Crippen LogP contribution in [0.3, 0.4) is 0 Å². The molecule has 1 atom stereocenters. The number of rotatable bonds is 13. The highest BCUT2D eigenvalue weighted by molar-refractivity contribution is 6.05. The Balaban J connectivity index is 1.39. The van der Waals surface area contributed by atoms with Crippen molar-refractivity contribution in [3.05, 3.63) is 39.8 Å². The second kappa shape index (κ2) is 12.5. The standard InChI is InChI=1S/C21H26N6O7/c22-26-24-7-9-33-11-10-32-8-6-23-19(29)13-34-17-3-1-2-14-15(17)12-27(21(14)31)16-4-5-18(28)25-20(16)30/h1-3,16H,4-13H2,(H,23,29)(H,25,28,30). The minimum absolute atomic E-state index is 0.164. The van der Waals surface area contributed by atoms with Crippen molar-refractivity contribution < 1.29 is 33.4 Å². The number of nitrogens with one attached hydrogen (secondary N) is 2. The monoisotopic (exact) mass is 474 g/mol. The molecule has 0 saturated carbocycles. The molecular weight excluding hydrogens is 448 g/mol. The molecule has 182 valence electrons. The van der Waals surface area contributed by atoms with Gasteiger partial charge in [-0.1, -0.05) is 11.2 Å². The lowest BCUT2D eigenvalue weighted by Gasteiger charge is -2.29. The fourth-order valence-electron chi connectivity index (χ4n) is 3.62. The van der Waals surface area contributed by atoms with Gasteiger partial charge in [-0.05, 0) is 24.1 Å². The number of hydrogen-bond acceptors (Lipinski definition) is 8. The summed E-state index contributed by atoms with van der Waals surface area (Å²) in [5.41, 5.74) is 9.16. The molecule has 1 saturated heterocycles. The normalized spacial score (nSPS) is 17.1. The first kappa shape index (κ1) is 25.0. The first-order valence-corrected chi connectivity index (χ1v) is 10.8. The van der Waals surface area contributed by atoms with E-state index in [1.165, 1.54) is 4.90 Å². The molecule has 1 aromatic carbocycles. The highest BCUT2D eigenvalue weighted by Crippen LogP contribution is 2.33. The predicted molar refractivity (Wildman–Crippen MR) is 117 cm³/mol. The third-order valence-electron chi connectivity index (χ3n) is 5.24. The number of hydrogen-bond donors (Lipinski definition) is 2. The summed E-state index contributed by atoms with van der Waals surface area (Å²) in [6, 6.07) is 4.25. The van der Waals surface area contributed by atoms with Crippen molar-refractivity contribution in [2.45, 2.75) is 25.4 Å². The van der Waals surface area contributed by atoms with Crippen molar-refractivity contribution in [2.24, 2.45) is 5.11 Å². The number of ether oxygens (including phenoxy) is 3. The third kappa shape index (κ3) is 6.67. The molecule has 1 aromatic rings. The summed E-state index contributed by atoms with van der Waals surface area (Å²) in [6.45, 7) is 1.78. The number of fused-ring (bicyclic) bond motifs is 1. The zero-order valence-corrected chi connectivity index (χ0v) is 18.5. The van der Waals surface area contributed by atoms with E-state index in [2.05, 4.69) is 20.7 Å². The van der Waals surface area contributed by atoms with Gasteiger partial charge in [0.1, 0.15) is 11.8 Å². The molecule has 0 bridgehead atoms. The van der Waals surface area contributed by atoms with E-state index < -0.39 is 11.9 Å². The van der Waals surface area contributed by atoms with Gasteiger partial charge in [0, 0.05) is 35.5 Å². The Morgan fingerprint density at radius 1 is 1.21 bits per heavy atom. The van der Waals surface area contributed by atoms with Gasteiger partial charge in [0.25, 0.3) is 11.8 Å². The van der Waals surface area contributed by atoms with Gasteiger partial charge >= 0.3 is 0 Å². The van der Waals surface area contributed by atoms with Crippen molar-refractivity contribution in [3.63, 3.8) is 0 Å². The van der Waals surface area contributed by atoms with Gasteiger partial charge in [0.15, 0.2) is 6.61 Å². The average Bonchev–Trinajstić information content (AvgIpc) is 3.15. The largest absolute Gasteiger partial charge is 0.483 e. The lowest BCUT2D eigenvalue weighted by Crippen LogP contribution is -2.52. The second-order valence-electron chi connectivity index (χ2n) is 7.50. The van der Waals surface area contributed by atoms with E-state index >= 15 is 0 Å². The highest BCUT2D eigenvalue weighted by atomic mass is 16.5. The van der Waals surface area contributed by atoms with Gasteiger partial charge in [-0.25, -0.2) is 0 Å². The van der Waals surface area contributed by atoms with Crippen molar-refractivity contribution in [2.75, 3.05) is 46.1 Å². The van der Waals surface area contributed by atoms with Crippen molar-refractivity contribution >= 4 is 23.6 Å². The zero-order chi connectivity index (χ0) is 24.3. The van der Waals surface area contributed by atoms with E-state index in [-0.39, 0.29) is 56.8 Å². The average molecular weight is 474 g/mol. The van der Waals surface area contributed by atoms with Crippen LogP contribution in [0.2, 0.25) is 0 Å². The molecule has 3 rings (SSSR count). The number of benzene rings is 1. The molecule has 34 heavy (non-hydrogen) atoms. The van der Waals surface area contributed by atoms with Crippen LogP contribution in [0.4, 0.5) is 0 Å². The van der Waals surface area contributed by atoms with Crippen LogP contribution in [0.5, 0.6) is 5.75 Å². The maximum atomic E-state index is 12.8. The summed E-state index contributed by atoms with van der Waals surface area (Å²) in [7, 11) is 0. The SMILES string of the molecule is [N-]=[N+]=NCCOCCOCCNC(=O)COc1cccc2c1CN(C1CCC(=O)NC1=O)C2=O. The number of piperidine rings is 1. The third-order valence-corrected chi connectivity index (χ3v) is 5.24. The maximum Gasteiger partial charge on any atom is 0.258 e. The second-order valence-corrected chi connectivity index (χ2v) is 7.50. The minimum atomic E-state index is -0.717. The number of imide groups is 1. The van der Waals surface area contributed by atoms with Gasteiger partial charge in [-0.3, -0.25) is 24.5 Å². The molecule has 4 amide bonds. The first-order chi connectivity index (χ1) is 16.5. The summed E-state index contributed by atoms with van der Waals surface area (Å²) >= 11 is 0. The van der Waals surface area contributed by atoms with E-state index in [1.807, 2.05) is 0 Å². The number of carbonyl (C=O) groups is 4. The van der Waals surface area contributed by atoms with E-state index in [0.717, 1.165) is 0 Å². The van der Waals surface area contributed by atoms with Gasteiger partial charge in [-0.2, -0.15) is 0 Å². The predicted octanol–water partition coefficient (Wildman–Crippen LogP) is 0.286. The van der Waals surface area contributed by atoms with E-state index in [1.54, 1.807) is 18.2 Å². The molecule has 1 unspecified atom stereocenters. The molecule has 2 aliphatic heterocycles. The van der Waals surface area contributed by atoms with Crippen molar-refractivity contribution in [1.82, 2.24) is 15.5 Å². The molecule has 13 nitrogen and oxygen atoms in total. The lowest BCUT2D eigenvalue weighted by atomic mass is 10.0. The maximum absolute atomic E-state index is 12.8. The number of azide groups is 1. The van der Waals surface area contributed by atoms with Gasteiger partial charge in [0.2, 0.25) is 11.8 Å². The molecule has 2 heterocycles. The number of carbonyl (C=O) groups excluding carboxylic acids is 4. The van der Waals surface area contributed by atoms with Crippen LogP contribution in [0.25, 0.3) is 10.4 Å². The smallest absolute Gasteiger partial charge is 0.258 e. The molecular formula is C21H26N6O7. The summed E-state index contributed by atoms with van der Waals surface area (Å²) in [5, 5.41) is 8.28. The Morgan fingerprint density at radius 2 is 2.00 bits per heavy atom. The highest BCUT2D eigenvalue weighted by Gasteiger charge is 2.40. The molecule has 0 aliphatic carbocycles. The van der Waals surface area contributed by atoms with E-state index in [0.29, 0.717) is 43.3 Å². The lowest BCUT2D eigenvalue weighted by molar-refractivity contribution is -0.137. The van der Waals surface area contributed by atoms with Gasteiger partial charge in [-0.15, -0.1) is 0 Å². The van der Waals surface area contributed by atoms with Crippen LogP contribution >= 0.6 is 0 Å². The summed E-state index contributed by atoms with van der Waals surface area (Å²) in [6.07, 6.45) is 0.446. The fourth-order valence-corrected chi connectivity index (χ4v) is 3.62. The molecule has 0 spiro atoms. The molecule has 1 fully saturated rings. The fraction of sp³-hybridized carbons (Fsp3) is 0.524. The summed E-state index contributed by atoms with van der Waals surface area (Å²) in [4.78, 5) is 52.5. The van der Waals surface area contributed by atoms with E-state index in [9.17, 15) is 19.2 Å². The van der Waals surface area contributed by atoms with Gasteiger partial charge in [0.05, 0.1) is 33.0 Å². The first-order valence-electron chi connectivity index (χ1n) is 10.8. The topological polar surface area (TPSA) is 172 Å². The van der Waals surface area contributed by atoms with Crippen LogP contribution < -0.4 is 15.4 Å². The summed E-state index contributed by atoms with van der Waals surface area (Å²) < 4.78 is 16.2.